The lowest BCUT2D eigenvalue weighted by Crippen LogP contribution is -2.47. The van der Waals surface area contributed by atoms with E-state index in [1.807, 2.05) is 6.92 Å². The van der Waals surface area contributed by atoms with Crippen LogP contribution >= 0.6 is 0 Å². The number of nitrogens with one attached hydrogen (secondary N) is 2. The Bertz CT molecular complexity index is 625. The minimum absolute atomic E-state index is 0.0793. The molecule has 1 rings (SSSR count). The zero-order valence-electron chi connectivity index (χ0n) is 12.5. The van der Waals surface area contributed by atoms with E-state index in [0.29, 0.717) is 12.1 Å². The molecule has 1 amide bonds. The van der Waals surface area contributed by atoms with E-state index in [1.165, 1.54) is 31.2 Å². The van der Waals surface area contributed by atoms with E-state index in [2.05, 4.69) is 10.0 Å². The van der Waals surface area contributed by atoms with E-state index >= 15 is 0 Å². The number of benzene rings is 1. The molecular formula is C14H19N2O5S-. The Morgan fingerprint density at radius 2 is 1.82 bits per heavy atom. The number of carbonyl (C=O) groups excluding carboxylic acids is 2. The number of hydrogen-bond acceptors (Lipinski definition) is 5. The van der Waals surface area contributed by atoms with Crippen LogP contribution in [0.4, 0.5) is 5.69 Å². The molecule has 2 N–H and O–H groups in total. The summed E-state index contributed by atoms with van der Waals surface area (Å²) in [5.41, 5.74) is 0.453. The van der Waals surface area contributed by atoms with Crippen molar-refractivity contribution in [3.05, 3.63) is 24.3 Å². The third-order valence-corrected chi connectivity index (χ3v) is 4.40. The lowest BCUT2D eigenvalue weighted by Gasteiger charge is -2.19. The van der Waals surface area contributed by atoms with Crippen LogP contribution in [-0.4, -0.2) is 26.3 Å². The van der Waals surface area contributed by atoms with Crippen molar-refractivity contribution in [2.75, 3.05) is 5.32 Å². The van der Waals surface area contributed by atoms with Crippen LogP contribution in [0.1, 0.15) is 33.1 Å². The van der Waals surface area contributed by atoms with Crippen molar-refractivity contribution >= 4 is 27.6 Å². The van der Waals surface area contributed by atoms with E-state index in [-0.39, 0.29) is 17.2 Å². The SMILES string of the molecule is CCCC[C@@H](NS(=O)(=O)c1ccc(NC(C)=O)cc1)C(=O)[O-]. The molecule has 0 spiro atoms. The summed E-state index contributed by atoms with van der Waals surface area (Å²) >= 11 is 0. The zero-order valence-corrected chi connectivity index (χ0v) is 13.3. The first kappa shape index (κ1) is 18.1. The van der Waals surface area contributed by atoms with Crippen molar-refractivity contribution in [1.82, 2.24) is 4.72 Å². The van der Waals surface area contributed by atoms with Crippen LogP contribution in [0.25, 0.3) is 0 Å². The highest BCUT2D eigenvalue weighted by Gasteiger charge is 2.20. The van der Waals surface area contributed by atoms with E-state index < -0.39 is 22.0 Å². The topological polar surface area (TPSA) is 115 Å². The summed E-state index contributed by atoms with van der Waals surface area (Å²) in [5.74, 6) is -1.72. The van der Waals surface area contributed by atoms with Crippen LogP contribution in [0.15, 0.2) is 29.2 Å². The third-order valence-electron chi connectivity index (χ3n) is 2.91. The smallest absolute Gasteiger partial charge is 0.241 e. The molecule has 0 unspecified atom stereocenters. The van der Waals surface area contributed by atoms with Gasteiger partial charge in [0.2, 0.25) is 15.9 Å². The number of hydrogen-bond donors (Lipinski definition) is 2. The van der Waals surface area contributed by atoms with Gasteiger partial charge in [0.05, 0.1) is 16.9 Å². The summed E-state index contributed by atoms with van der Waals surface area (Å²) in [4.78, 5) is 21.8. The standard InChI is InChI=1S/C14H20N2O5S/c1-3-4-5-13(14(18)19)16-22(20,21)12-8-6-11(7-9-12)15-10(2)17/h6-9,13,16H,3-5H2,1-2H3,(H,15,17)(H,18,19)/p-1/t13-/m1/s1. The molecule has 22 heavy (non-hydrogen) atoms. The number of carboxylic acids is 1. The quantitative estimate of drug-likeness (QED) is 0.709. The molecule has 0 radical (unpaired) electrons. The third kappa shape index (κ3) is 5.45. The Hall–Kier alpha value is -1.93. The molecular weight excluding hydrogens is 308 g/mol. The fourth-order valence-corrected chi connectivity index (χ4v) is 3.03. The van der Waals surface area contributed by atoms with Crippen molar-refractivity contribution in [2.24, 2.45) is 0 Å². The maximum Gasteiger partial charge on any atom is 0.241 e. The average Bonchev–Trinajstić information content (AvgIpc) is 2.43. The Morgan fingerprint density at radius 1 is 1.23 bits per heavy atom. The van der Waals surface area contributed by atoms with Crippen LogP contribution in [0.5, 0.6) is 0 Å². The molecule has 1 atom stereocenters. The monoisotopic (exact) mass is 327 g/mol. The van der Waals surface area contributed by atoms with Crippen LogP contribution < -0.4 is 15.1 Å². The van der Waals surface area contributed by atoms with Crippen LogP contribution in [0.2, 0.25) is 0 Å². The van der Waals surface area contributed by atoms with Crippen molar-refractivity contribution in [3.8, 4) is 0 Å². The number of amides is 1. The molecule has 1 aromatic carbocycles. The maximum atomic E-state index is 12.2. The molecule has 8 heteroatoms. The minimum atomic E-state index is -3.96. The number of rotatable bonds is 8. The Morgan fingerprint density at radius 3 is 2.27 bits per heavy atom. The lowest BCUT2D eigenvalue weighted by molar-refractivity contribution is -0.308. The molecule has 0 aromatic heterocycles. The van der Waals surface area contributed by atoms with Gasteiger partial charge in [-0.3, -0.25) is 4.79 Å². The second-order valence-electron chi connectivity index (χ2n) is 4.84. The summed E-state index contributed by atoms with van der Waals surface area (Å²) in [6.45, 7) is 3.21. The van der Waals surface area contributed by atoms with Crippen LogP contribution in [0, 0.1) is 0 Å². The summed E-state index contributed by atoms with van der Waals surface area (Å²) in [6, 6.07) is 4.17. The molecule has 0 aliphatic heterocycles. The summed E-state index contributed by atoms with van der Waals surface area (Å²) in [5, 5.41) is 13.5. The highest BCUT2D eigenvalue weighted by atomic mass is 32.2. The average molecular weight is 327 g/mol. The number of carboxylic acid groups (broad SMARTS) is 1. The first-order chi connectivity index (χ1) is 10.3. The predicted molar refractivity (Wildman–Crippen MR) is 79.4 cm³/mol. The molecule has 1 aromatic rings. The number of carbonyl (C=O) groups is 2. The van der Waals surface area contributed by atoms with Gasteiger partial charge in [-0.2, -0.15) is 0 Å². The van der Waals surface area contributed by atoms with E-state index in [0.717, 1.165) is 6.42 Å². The summed E-state index contributed by atoms with van der Waals surface area (Å²) < 4.78 is 26.4. The van der Waals surface area contributed by atoms with Gasteiger partial charge in [0, 0.05) is 12.6 Å². The Balaban J connectivity index is 2.88. The molecule has 0 aliphatic rings. The normalized spacial score (nSPS) is 12.6. The second-order valence-corrected chi connectivity index (χ2v) is 6.55. The number of sulfonamides is 1. The van der Waals surface area contributed by atoms with Gasteiger partial charge in [0.25, 0.3) is 0 Å². The van der Waals surface area contributed by atoms with Gasteiger partial charge in [-0.15, -0.1) is 0 Å². The molecule has 122 valence electrons. The van der Waals surface area contributed by atoms with Gasteiger partial charge in [-0.05, 0) is 30.7 Å². The molecule has 0 bridgehead atoms. The first-order valence-electron chi connectivity index (χ1n) is 6.87. The molecule has 0 heterocycles. The van der Waals surface area contributed by atoms with Crippen molar-refractivity contribution in [3.63, 3.8) is 0 Å². The van der Waals surface area contributed by atoms with Crippen LogP contribution in [0.3, 0.4) is 0 Å². The maximum absolute atomic E-state index is 12.2. The highest BCUT2D eigenvalue weighted by Crippen LogP contribution is 2.15. The van der Waals surface area contributed by atoms with Gasteiger partial charge >= 0.3 is 0 Å². The largest absolute Gasteiger partial charge is 0.548 e. The van der Waals surface area contributed by atoms with Crippen LogP contribution in [-0.2, 0) is 19.6 Å². The summed E-state index contributed by atoms with van der Waals surface area (Å²) in [6.07, 6.45) is 1.49. The van der Waals surface area contributed by atoms with E-state index in [1.54, 1.807) is 0 Å². The van der Waals surface area contributed by atoms with Gasteiger partial charge in [0.1, 0.15) is 0 Å². The highest BCUT2D eigenvalue weighted by molar-refractivity contribution is 7.89. The van der Waals surface area contributed by atoms with E-state index in [9.17, 15) is 23.1 Å². The van der Waals surface area contributed by atoms with E-state index in [4.69, 9.17) is 0 Å². The molecule has 7 nitrogen and oxygen atoms in total. The molecule has 0 fully saturated rings. The number of aliphatic carboxylic acids is 1. The summed E-state index contributed by atoms with van der Waals surface area (Å²) in [7, 11) is -3.96. The van der Waals surface area contributed by atoms with Gasteiger partial charge in [-0.1, -0.05) is 19.8 Å². The fraction of sp³-hybridized carbons (Fsp3) is 0.429. The number of anilines is 1. The van der Waals surface area contributed by atoms with Gasteiger partial charge in [0.15, 0.2) is 0 Å². The van der Waals surface area contributed by atoms with Gasteiger partial charge in [-0.25, -0.2) is 13.1 Å². The lowest BCUT2D eigenvalue weighted by atomic mass is 10.1. The van der Waals surface area contributed by atoms with Crippen molar-refractivity contribution in [2.45, 2.75) is 44.0 Å². The predicted octanol–water partition coefficient (Wildman–Crippen LogP) is 0.232. The molecule has 0 saturated heterocycles. The Kier molecular flexibility index (Phi) is 6.51. The van der Waals surface area contributed by atoms with Crippen molar-refractivity contribution in [1.29, 1.82) is 0 Å². The fourth-order valence-electron chi connectivity index (χ4n) is 1.81. The Labute approximate surface area is 129 Å². The molecule has 0 saturated carbocycles. The molecule has 0 aliphatic carbocycles. The van der Waals surface area contributed by atoms with Gasteiger partial charge < -0.3 is 15.2 Å². The number of unbranched alkanes of at least 4 members (excludes halogenated alkanes) is 1. The zero-order chi connectivity index (χ0) is 16.8. The van der Waals surface area contributed by atoms with Crippen molar-refractivity contribution < 1.29 is 23.1 Å². The first-order valence-corrected chi connectivity index (χ1v) is 8.35. The minimum Gasteiger partial charge on any atom is -0.548 e. The second kappa shape index (κ2) is 7.90.